The van der Waals surface area contributed by atoms with Gasteiger partial charge in [-0.3, -0.25) is 9.88 Å². The van der Waals surface area contributed by atoms with Gasteiger partial charge in [0.25, 0.3) is 0 Å². The van der Waals surface area contributed by atoms with Crippen LogP contribution in [0, 0.1) is 0 Å². The Kier molecular flexibility index (Phi) is 4.60. The van der Waals surface area contributed by atoms with Crippen molar-refractivity contribution < 1.29 is 0 Å². The summed E-state index contributed by atoms with van der Waals surface area (Å²) in [6, 6.07) is 4.06. The highest BCUT2D eigenvalue weighted by Crippen LogP contribution is 2.19. The van der Waals surface area contributed by atoms with Gasteiger partial charge >= 0.3 is 0 Å². The Labute approximate surface area is 111 Å². The molecule has 2 rings (SSSR count). The van der Waals surface area contributed by atoms with E-state index in [1.54, 1.807) is 0 Å². The SMILES string of the molecule is CCNc1snnc1CN(C)Cc1ccncc1. The highest BCUT2D eigenvalue weighted by atomic mass is 32.1. The molecule has 2 heterocycles. The quantitative estimate of drug-likeness (QED) is 0.864. The number of nitrogens with one attached hydrogen (secondary N) is 1. The number of aromatic nitrogens is 3. The first-order valence-electron chi connectivity index (χ1n) is 5.92. The van der Waals surface area contributed by atoms with Gasteiger partial charge in [0, 0.05) is 43.6 Å². The molecule has 0 saturated heterocycles. The zero-order valence-corrected chi connectivity index (χ0v) is 11.4. The summed E-state index contributed by atoms with van der Waals surface area (Å²) >= 11 is 1.41. The third-order valence-corrected chi connectivity index (χ3v) is 3.24. The molecule has 0 unspecified atom stereocenters. The number of nitrogens with zero attached hydrogens (tertiary/aromatic N) is 4. The second-order valence-corrected chi connectivity index (χ2v) is 4.86. The summed E-state index contributed by atoms with van der Waals surface area (Å²) in [4.78, 5) is 6.23. The van der Waals surface area contributed by atoms with E-state index in [4.69, 9.17) is 0 Å². The number of rotatable bonds is 6. The normalized spacial score (nSPS) is 10.8. The predicted molar refractivity (Wildman–Crippen MR) is 73.5 cm³/mol. The molecule has 0 aliphatic rings. The molecule has 96 valence electrons. The lowest BCUT2D eigenvalue weighted by atomic mass is 10.2. The van der Waals surface area contributed by atoms with E-state index < -0.39 is 0 Å². The minimum absolute atomic E-state index is 0.793. The summed E-state index contributed by atoms with van der Waals surface area (Å²) in [5.74, 6) is 0. The van der Waals surface area contributed by atoms with Gasteiger partial charge in [-0.1, -0.05) is 4.49 Å². The summed E-state index contributed by atoms with van der Waals surface area (Å²) < 4.78 is 3.99. The van der Waals surface area contributed by atoms with E-state index in [1.807, 2.05) is 24.5 Å². The summed E-state index contributed by atoms with van der Waals surface area (Å²) in [5, 5.41) is 8.52. The Morgan fingerprint density at radius 1 is 1.28 bits per heavy atom. The van der Waals surface area contributed by atoms with E-state index in [2.05, 4.69) is 38.8 Å². The number of hydrogen-bond acceptors (Lipinski definition) is 6. The van der Waals surface area contributed by atoms with Gasteiger partial charge in [0.15, 0.2) is 0 Å². The first-order chi connectivity index (χ1) is 8.79. The zero-order chi connectivity index (χ0) is 12.8. The third-order valence-electron chi connectivity index (χ3n) is 2.51. The number of pyridine rings is 1. The van der Waals surface area contributed by atoms with E-state index in [-0.39, 0.29) is 0 Å². The van der Waals surface area contributed by atoms with E-state index in [9.17, 15) is 0 Å². The van der Waals surface area contributed by atoms with Crippen LogP contribution in [0.25, 0.3) is 0 Å². The Balaban J connectivity index is 1.94. The fraction of sp³-hybridized carbons (Fsp3) is 0.417. The molecule has 0 atom stereocenters. The van der Waals surface area contributed by atoms with E-state index in [0.29, 0.717) is 0 Å². The van der Waals surface area contributed by atoms with Gasteiger partial charge in [0.1, 0.15) is 10.7 Å². The van der Waals surface area contributed by atoms with Crippen LogP contribution in [-0.2, 0) is 13.1 Å². The van der Waals surface area contributed by atoms with Crippen molar-refractivity contribution in [2.45, 2.75) is 20.0 Å². The first kappa shape index (κ1) is 12.9. The first-order valence-corrected chi connectivity index (χ1v) is 6.69. The fourth-order valence-corrected chi connectivity index (χ4v) is 2.36. The lowest BCUT2D eigenvalue weighted by Crippen LogP contribution is -2.18. The van der Waals surface area contributed by atoms with Crippen molar-refractivity contribution in [2.75, 3.05) is 18.9 Å². The monoisotopic (exact) mass is 263 g/mol. The van der Waals surface area contributed by atoms with Gasteiger partial charge in [-0.25, -0.2) is 0 Å². The predicted octanol–water partition coefficient (Wildman–Crippen LogP) is 2.00. The van der Waals surface area contributed by atoms with E-state index in [1.165, 1.54) is 17.1 Å². The Morgan fingerprint density at radius 2 is 2.06 bits per heavy atom. The Hall–Kier alpha value is -1.53. The molecular formula is C12H17N5S. The molecule has 6 heteroatoms. The van der Waals surface area contributed by atoms with E-state index >= 15 is 0 Å². The molecule has 0 fully saturated rings. The maximum absolute atomic E-state index is 4.17. The molecule has 0 radical (unpaired) electrons. The Bertz CT molecular complexity index is 470. The molecule has 18 heavy (non-hydrogen) atoms. The number of anilines is 1. The fourth-order valence-electron chi connectivity index (χ4n) is 1.72. The van der Waals surface area contributed by atoms with Crippen LogP contribution in [0.4, 0.5) is 5.00 Å². The molecule has 1 N–H and O–H groups in total. The van der Waals surface area contributed by atoms with Crippen LogP contribution in [-0.4, -0.2) is 33.1 Å². The van der Waals surface area contributed by atoms with Crippen LogP contribution in [0.5, 0.6) is 0 Å². The summed E-state index contributed by atoms with van der Waals surface area (Å²) in [6.07, 6.45) is 3.63. The van der Waals surface area contributed by atoms with Crippen LogP contribution in [0.15, 0.2) is 24.5 Å². The molecule has 2 aromatic heterocycles. The highest BCUT2D eigenvalue weighted by molar-refractivity contribution is 7.10. The van der Waals surface area contributed by atoms with Gasteiger partial charge in [0.05, 0.1) is 0 Å². The molecular weight excluding hydrogens is 246 g/mol. The molecule has 0 aliphatic heterocycles. The van der Waals surface area contributed by atoms with Crippen molar-refractivity contribution >= 4 is 16.5 Å². The average molecular weight is 263 g/mol. The third kappa shape index (κ3) is 3.48. The maximum Gasteiger partial charge on any atom is 0.134 e. The molecule has 0 saturated carbocycles. The minimum atomic E-state index is 0.793. The van der Waals surface area contributed by atoms with Crippen LogP contribution in [0.2, 0.25) is 0 Å². The summed E-state index contributed by atoms with van der Waals surface area (Å²) in [7, 11) is 2.08. The van der Waals surface area contributed by atoms with Gasteiger partial charge in [-0.2, -0.15) is 0 Å². The smallest absolute Gasteiger partial charge is 0.134 e. The van der Waals surface area contributed by atoms with Crippen molar-refractivity contribution in [3.05, 3.63) is 35.8 Å². The van der Waals surface area contributed by atoms with Gasteiger partial charge in [-0.15, -0.1) is 5.10 Å². The molecule has 0 spiro atoms. The summed E-state index contributed by atoms with van der Waals surface area (Å²) in [5.41, 5.74) is 2.26. The molecule has 5 nitrogen and oxygen atoms in total. The van der Waals surface area contributed by atoms with Crippen LogP contribution >= 0.6 is 11.5 Å². The van der Waals surface area contributed by atoms with E-state index in [0.717, 1.165) is 30.3 Å². The highest BCUT2D eigenvalue weighted by Gasteiger charge is 2.10. The second kappa shape index (κ2) is 6.42. The molecule has 0 aromatic carbocycles. The number of hydrogen-bond donors (Lipinski definition) is 1. The maximum atomic E-state index is 4.17. The topological polar surface area (TPSA) is 53.9 Å². The molecule has 0 aliphatic carbocycles. The van der Waals surface area contributed by atoms with Gasteiger partial charge in [0.2, 0.25) is 0 Å². The largest absolute Gasteiger partial charge is 0.374 e. The lowest BCUT2D eigenvalue weighted by Gasteiger charge is -2.15. The second-order valence-electron chi connectivity index (χ2n) is 4.11. The molecule has 0 bridgehead atoms. The standard InChI is InChI=1S/C12H17N5S/c1-3-14-12-11(15-16-18-12)9-17(2)8-10-4-6-13-7-5-10/h4-7,14H,3,8-9H2,1-2H3. The minimum Gasteiger partial charge on any atom is -0.374 e. The van der Waals surface area contributed by atoms with Crippen LogP contribution < -0.4 is 5.32 Å². The lowest BCUT2D eigenvalue weighted by molar-refractivity contribution is 0.315. The van der Waals surface area contributed by atoms with Gasteiger partial charge < -0.3 is 5.32 Å². The van der Waals surface area contributed by atoms with Crippen molar-refractivity contribution in [1.29, 1.82) is 0 Å². The zero-order valence-electron chi connectivity index (χ0n) is 10.6. The van der Waals surface area contributed by atoms with Crippen molar-refractivity contribution in [2.24, 2.45) is 0 Å². The average Bonchev–Trinajstić information content (AvgIpc) is 2.78. The summed E-state index contributed by atoms with van der Waals surface area (Å²) in [6.45, 7) is 4.64. The Morgan fingerprint density at radius 3 is 2.78 bits per heavy atom. The van der Waals surface area contributed by atoms with Crippen molar-refractivity contribution in [3.8, 4) is 0 Å². The van der Waals surface area contributed by atoms with Crippen LogP contribution in [0.3, 0.4) is 0 Å². The van der Waals surface area contributed by atoms with Crippen LogP contribution in [0.1, 0.15) is 18.2 Å². The van der Waals surface area contributed by atoms with Crippen molar-refractivity contribution in [3.63, 3.8) is 0 Å². The van der Waals surface area contributed by atoms with Gasteiger partial charge in [-0.05, 0) is 31.7 Å². The molecule has 0 amide bonds. The molecule has 2 aromatic rings. The van der Waals surface area contributed by atoms with Crippen molar-refractivity contribution in [1.82, 2.24) is 19.5 Å².